The fourth-order valence-electron chi connectivity index (χ4n) is 1.08. The molecule has 0 fully saturated rings. The van der Waals surface area contributed by atoms with Crippen LogP contribution in [0, 0.1) is 0 Å². The van der Waals surface area contributed by atoms with Gasteiger partial charge in [-0.1, -0.05) is 6.92 Å². The Balaban J connectivity index is 3.55. The van der Waals surface area contributed by atoms with Gasteiger partial charge in [-0.2, -0.15) is 0 Å². The SMILES string of the molecule is CCC(O)CCCC(=O)OC(C)(C)C. The van der Waals surface area contributed by atoms with E-state index in [1.54, 1.807) is 0 Å². The molecule has 0 bridgehead atoms. The van der Waals surface area contributed by atoms with Gasteiger partial charge in [0.05, 0.1) is 6.10 Å². The molecule has 1 unspecified atom stereocenters. The molecular formula is C11H22O3. The van der Waals surface area contributed by atoms with Crippen LogP contribution < -0.4 is 0 Å². The number of hydrogen-bond acceptors (Lipinski definition) is 3. The van der Waals surface area contributed by atoms with Crippen LogP contribution >= 0.6 is 0 Å². The molecule has 1 N–H and O–H groups in total. The van der Waals surface area contributed by atoms with Gasteiger partial charge in [0.15, 0.2) is 0 Å². The van der Waals surface area contributed by atoms with Crippen LogP contribution in [0.5, 0.6) is 0 Å². The highest BCUT2D eigenvalue weighted by molar-refractivity contribution is 5.69. The Morgan fingerprint density at radius 3 is 2.43 bits per heavy atom. The van der Waals surface area contributed by atoms with Gasteiger partial charge in [0, 0.05) is 6.42 Å². The topological polar surface area (TPSA) is 46.5 Å². The van der Waals surface area contributed by atoms with E-state index >= 15 is 0 Å². The van der Waals surface area contributed by atoms with Crippen molar-refractivity contribution < 1.29 is 14.6 Å². The summed E-state index contributed by atoms with van der Waals surface area (Å²) in [4.78, 5) is 11.2. The Kier molecular flexibility index (Phi) is 5.77. The van der Waals surface area contributed by atoms with Crippen LogP contribution in [0.4, 0.5) is 0 Å². The number of hydrogen-bond donors (Lipinski definition) is 1. The van der Waals surface area contributed by atoms with Gasteiger partial charge < -0.3 is 9.84 Å². The predicted molar refractivity (Wildman–Crippen MR) is 56.0 cm³/mol. The summed E-state index contributed by atoms with van der Waals surface area (Å²) in [5.74, 6) is -0.180. The van der Waals surface area contributed by atoms with Gasteiger partial charge in [-0.15, -0.1) is 0 Å². The minimum Gasteiger partial charge on any atom is -0.460 e. The molecule has 0 rings (SSSR count). The first-order chi connectivity index (χ1) is 6.35. The van der Waals surface area contributed by atoms with E-state index in [0.29, 0.717) is 19.3 Å². The second-order valence-corrected chi connectivity index (χ2v) is 4.54. The number of esters is 1. The number of carbonyl (C=O) groups is 1. The predicted octanol–water partition coefficient (Wildman–Crippen LogP) is 2.27. The maximum absolute atomic E-state index is 11.2. The Bertz CT molecular complexity index is 170. The van der Waals surface area contributed by atoms with E-state index < -0.39 is 5.60 Å². The van der Waals surface area contributed by atoms with E-state index in [4.69, 9.17) is 4.74 Å². The maximum atomic E-state index is 11.2. The van der Waals surface area contributed by atoms with Gasteiger partial charge in [0.2, 0.25) is 0 Å². The number of aliphatic hydroxyl groups excluding tert-OH is 1. The third kappa shape index (κ3) is 8.05. The van der Waals surface area contributed by atoms with Crippen LogP contribution in [0.3, 0.4) is 0 Å². The molecular weight excluding hydrogens is 180 g/mol. The van der Waals surface area contributed by atoms with E-state index in [0.717, 1.165) is 6.42 Å². The van der Waals surface area contributed by atoms with E-state index in [1.165, 1.54) is 0 Å². The Morgan fingerprint density at radius 1 is 1.43 bits per heavy atom. The normalized spacial score (nSPS) is 13.8. The molecule has 0 radical (unpaired) electrons. The molecule has 0 saturated heterocycles. The molecule has 0 aromatic rings. The van der Waals surface area contributed by atoms with E-state index in [2.05, 4.69) is 0 Å². The van der Waals surface area contributed by atoms with Gasteiger partial charge in [0.1, 0.15) is 5.60 Å². The van der Waals surface area contributed by atoms with Crippen molar-refractivity contribution in [3.8, 4) is 0 Å². The van der Waals surface area contributed by atoms with Crippen molar-refractivity contribution in [3.63, 3.8) is 0 Å². The molecule has 0 amide bonds. The minimum absolute atomic E-state index is 0.180. The van der Waals surface area contributed by atoms with Gasteiger partial charge in [-0.05, 0) is 40.0 Å². The Labute approximate surface area is 86.5 Å². The third-order valence-corrected chi connectivity index (χ3v) is 1.81. The van der Waals surface area contributed by atoms with E-state index in [-0.39, 0.29) is 12.1 Å². The van der Waals surface area contributed by atoms with Crippen molar-refractivity contribution in [2.24, 2.45) is 0 Å². The molecule has 14 heavy (non-hydrogen) atoms. The lowest BCUT2D eigenvalue weighted by atomic mass is 10.1. The molecule has 3 heteroatoms. The molecule has 1 atom stereocenters. The van der Waals surface area contributed by atoms with Crippen molar-refractivity contribution in [3.05, 3.63) is 0 Å². The third-order valence-electron chi connectivity index (χ3n) is 1.81. The zero-order chi connectivity index (χ0) is 11.2. The maximum Gasteiger partial charge on any atom is 0.306 e. The van der Waals surface area contributed by atoms with Crippen LogP contribution in [0.15, 0.2) is 0 Å². The van der Waals surface area contributed by atoms with Crippen LogP contribution in [0.1, 0.15) is 53.4 Å². The van der Waals surface area contributed by atoms with Crippen molar-refractivity contribution in [2.45, 2.75) is 65.1 Å². The first kappa shape index (κ1) is 13.4. The average Bonchev–Trinajstić information content (AvgIpc) is 2.00. The molecule has 0 aliphatic heterocycles. The highest BCUT2D eigenvalue weighted by Crippen LogP contribution is 2.11. The van der Waals surface area contributed by atoms with Gasteiger partial charge in [-0.3, -0.25) is 4.79 Å². The molecule has 0 aliphatic rings. The molecule has 84 valence electrons. The van der Waals surface area contributed by atoms with E-state index in [9.17, 15) is 9.90 Å². The fourth-order valence-corrected chi connectivity index (χ4v) is 1.08. The quantitative estimate of drug-likeness (QED) is 0.696. The van der Waals surface area contributed by atoms with Crippen LogP contribution in [0.25, 0.3) is 0 Å². The summed E-state index contributed by atoms with van der Waals surface area (Å²) in [6.07, 6.45) is 2.24. The van der Waals surface area contributed by atoms with E-state index in [1.807, 2.05) is 27.7 Å². The first-order valence-electron chi connectivity index (χ1n) is 5.25. The smallest absolute Gasteiger partial charge is 0.306 e. The van der Waals surface area contributed by atoms with Crippen LogP contribution in [-0.4, -0.2) is 22.8 Å². The molecule has 3 nitrogen and oxygen atoms in total. The second-order valence-electron chi connectivity index (χ2n) is 4.54. The van der Waals surface area contributed by atoms with Gasteiger partial charge in [0.25, 0.3) is 0 Å². The largest absolute Gasteiger partial charge is 0.460 e. The molecule has 0 saturated carbocycles. The highest BCUT2D eigenvalue weighted by Gasteiger charge is 2.15. The second kappa shape index (κ2) is 6.02. The average molecular weight is 202 g/mol. The first-order valence-corrected chi connectivity index (χ1v) is 5.25. The number of rotatable bonds is 5. The van der Waals surface area contributed by atoms with Gasteiger partial charge in [-0.25, -0.2) is 0 Å². The molecule has 0 aromatic carbocycles. The highest BCUT2D eigenvalue weighted by atomic mass is 16.6. The number of ether oxygens (including phenoxy) is 1. The summed E-state index contributed by atoms with van der Waals surface area (Å²) in [6, 6.07) is 0. The van der Waals surface area contributed by atoms with Crippen molar-refractivity contribution in [1.29, 1.82) is 0 Å². The van der Waals surface area contributed by atoms with Crippen molar-refractivity contribution in [1.82, 2.24) is 0 Å². The zero-order valence-electron chi connectivity index (χ0n) is 9.67. The molecule has 0 aromatic heterocycles. The van der Waals surface area contributed by atoms with Crippen LogP contribution in [0.2, 0.25) is 0 Å². The van der Waals surface area contributed by atoms with Crippen LogP contribution in [-0.2, 0) is 9.53 Å². The molecule has 0 spiro atoms. The van der Waals surface area contributed by atoms with Crippen molar-refractivity contribution >= 4 is 5.97 Å². The lowest BCUT2D eigenvalue weighted by Crippen LogP contribution is -2.23. The number of aliphatic hydroxyl groups is 1. The van der Waals surface area contributed by atoms with Crippen molar-refractivity contribution in [2.75, 3.05) is 0 Å². The minimum atomic E-state index is -0.402. The standard InChI is InChI=1S/C11H22O3/c1-5-9(12)7-6-8-10(13)14-11(2,3)4/h9,12H,5-8H2,1-4H3. The lowest BCUT2D eigenvalue weighted by molar-refractivity contribution is -0.155. The Hall–Kier alpha value is -0.570. The molecule has 0 aliphatic carbocycles. The van der Waals surface area contributed by atoms with Gasteiger partial charge >= 0.3 is 5.97 Å². The lowest BCUT2D eigenvalue weighted by Gasteiger charge is -2.19. The monoisotopic (exact) mass is 202 g/mol. The zero-order valence-corrected chi connectivity index (χ0v) is 9.67. The fraction of sp³-hybridized carbons (Fsp3) is 0.909. The molecule has 0 heterocycles. The summed E-state index contributed by atoms with van der Waals surface area (Å²) in [7, 11) is 0. The summed E-state index contributed by atoms with van der Waals surface area (Å²) in [6.45, 7) is 7.49. The summed E-state index contributed by atoms with van der Waals surface area (Å²) >= 11 is 0. The summed E-state index contributed by atoms with van der Waals surface area (Å²) in [5, 5.41) is 9.25. The Morgan fingerprint density at radius 2 is 2.00 bits per heavy atom. The summed E-state index contributed by atoms with van der Waals surface area (Å²) in [5.41, 5.74) is -0.402. The number of carbonyl (C=O) groups excluding carboxylic acids is 1. The summed E-state index contributed by atoms with van der Waals surface area (Å²) < 4.78 is 5.13.